The van der Waals surface area contributed by atoms with Gasteiger partial charge in [-0.05, 0) is 80.8 Å². The van der Waals surface area contributed by atoms with Crippen molar-refractivity contribution in [3.63, 3.8) is 0 Å². The highest BCUT2D eigenvalue weighted by atomic mass is 16.6. The van der Waals surface area contributed by atoms with E-state index in [1.165, 1.54) is 33.5 Å². The van der Waals surface area contributed by atoms with Gasteiger partial charge in [0.1, 0.15) is 5.60 Å². The number of carbonyl (C=O) groups excluding carboxylic acids is 1. The van der Waals surface area contributed by atoms with Crippen LogP contribution in [-0.4, -0.2) is 43.3 Å². The molecule has 0 N–H and O–H groups in total. The topological polar surface area (TPSA) is 42.0 Å². The number of aryl methyl sites for hydroxylation is 1. The molecule has 0 bridgehead atoms. The summed E-state index contributed by atoms with van der Waals surface area (Å²) in [6.45, 7) is 11.2. The largest absolute Gasteiger partial charge is 0.444 e. The van der Waals surface area contributed by atoms with Crippen molar-refractivity contribution in [1.29, 1.82) is 0 Å². The van der Waals surface area contributed by atoms with Gasteiger partial charge in [-0.2, -0.15) is 0 Å². The molecule has 39 heavy (non-hydrogen) atoms. The van der Waals surface area contributed by atoms with E-state index in [1.54, 1.807) is 4.90 Å². The van der Waals surface area contributed by atoms with Gasteiger partial charge >= 0.3 is 6.09 Å². The third kappa shape index (κ3) is 6.47. The van der Waals surface area contributed by atoms with Crippen molar-refractivity contribution in [3.8, 4) is 0 Å². The molecule has 5 heteroatoms. The lowest BCUT2D eigenvalue weighted by Crippen LogP contribution is -2.41. The van der Waals surface area contributed by atoms with E-state index in [9.17, 15) is 4.79 Å². The van der Waals surface area contributed by atoms with Crippen molar-refractivity contribution in [2.45, 2.75) is 64.8 Å². The third-order valence-corrected chi connectivity index (χ3v) is 7.95. The summed E-state index contributed by atoms with van der Waals surface area (Å²) in [4.78, 5) is 16.6. The summed E-state index contributed by atoms with van der Waals surface area (Å²) in [5, 5.41) is 0. The second kappa shape index (κ2) is 11.4. The van der Waals surface area contributed by atoms with E-state index in [1.807, 2.05) is 27.8 Å². The quantitative estimate of drug-likeness (QED) is 0.346. The standard InChI is InChI=1S/C34H42N2O3/c1-24-11-16-30-28(21-24)23-38-32(27-9-7-6-8-10-27)31(30)26-12-14-29(15-13-26)36-19-17-25(18-20-36)22-35(5)33(37)39-34(2,3)4/h6-16,21,25,31-32H,17-20,22-23H2,1-5H3/t31-,32-/m1/s1. The van der Waals surface area contributed by atoms with Crippen LogP contribution in [0.15, 0.2) is 72.8 Å². The molecule has 1 saturated heterocycles. The van der Waals surface area contributed by atoms with Crippen LogP contribution in [0.5, 0.6) is 0 Å². The van der Waals surface area contributed by atoms with Gasteiger partial charge in [-0.15, -0.1) is 0 Å². The van der Waals surface area contributed by atoms with Crippen LogP contribution in [0.4, 0.5) is 10.5 Å². The second-order valence-electron chi connectivity index (χ2n) is 12.2. The first kappa shape index (κ1) is 27.3. The zero-order valence-electron chi connectivity index (χ0n) is 24.0. The number of hydrogen-bond donors (Lipinski definition) is 0. The Labute approximate surface area is 233 Å². The van der Waals surface area contributed by atoms with Crippen LogP contribution in [0.2, 0.25) is 0 Å². The molecule has 1 amide bonds. The normalized spacial score (nSPS) is 19.9. The molecule has 1 fully saturated rings. The summed E-state index contributed by atoms with van der Waals surface area (Å²) >= 11 is 0. The van der Waals surface area contributed by atoms with E-state index in [4.69, 9.17) is 9.47 Å². The highest BCUT2D eigenvalue weighted by Gasteiger charge is 2.33. The zero-order chi connectivity index (χ0) is 27.6. The summed E-state index contributed by atoms with van der Waals surface area (Å²) in [6, 6.07) is 26.5. The van der Waals surface area contributed by atoms with Crippen LogP contribution < -0.4 is 4.90 Å². The number of fused-ring (bicyclic) bond motifs is 1. The van der Waals surface area contributed by atoms with E-state index < -0.39 is 5.60 Å². The second-order valence-corrected chi connectivity index (χ2v) is 12.2. The molecule has 0 radical (unpaired) electrons. The van der Waals surface area contributed by atoms with E-state index in [2.05, 4.69) is 84.6 Å². The summed E-state index contributed by atoms with van der Waals surface area (Å²) < 4.78 is 12.0. The highest BCUT2D eigenvalue weighted by molar-refractivity contribution is 5.67. The maximum Gasteiger partial charge on any atom is 0.410 e. The van der Waals surface area contributed by atoms with Gasteiger partial charge < -0.3 is 19.3 Å². The Hall–Kier alpha value is -3.31. The van der Waals surface area contributed by atoms with Crippen LogP contribution in [0.1, 0.15) is 73.5 Å². The lowest BCUT2D eigenvalue weighted by molar-refractivity contribution is 0.0149. The third-order valence-electron chi connectivity index (χ3n) is 7.95. The van der Waals surface area contributed by atoms with Gasteiger partial charge in [-0.3, -0.25) is 0 Å². The molecule has 0 aromatic heterocycles. The van der Waals surface area contributed by atoms with Crippen molar-refractivity contribution in [1.82, 2.24) is 4.90 Å². The number of benzene rings is 3. The Bertz CT molecular complexity index is 1260. The lowest BCUT2D eigenvalue weighted by atomic mass is 9.79. The number of nitrogens with zero attached hydrogens (tertiary/aromatic N) is 2. The minimum absolute atomic E-state index is 0.00929. The van der Waals surface area contributed by atoms with Crippen LogP contribution in [0, 0.1) is 12.8 Å². The van der Waals surface area contributed by atoms with E-state index in [0.29, 0.717) is 12.5 Å². The molecule has 0 saturated carbocycles. The average molecular weight is 527 g/mol. The fraction of sp³-hybridized carbons (Fsp3) is 0.441. The predicted octanol–water partition coefficient (Wildman–Crippen LogP) is 7.48. The summed E-state index contributed by atoms with van der Waals surface area (Å²) in [5.41, 5.74) is 7.22. The summed E-state index contributed by atoms with van der Waals surface area (Å²) in [5.74, 6) is 0.643. The van der Waals surface area contributed by atoms with Crippen LogP contribution in [0.3, 0.4) is 0 Å². The first-order chi connectivity index (χ1) is 18.7. The Balaban J connectivity index is 1.27. The monoisotopic (exact) mass is 526 g/mol. The van der Waals surface area contributed by atoms with E-state index in [0.717, 1.165) is 32.5 Å². The Kier molecular flexibility index (Phi) is 7.99. The molecule has 0 spiro atoms. The maximum absolute atomic E-state index is 12.4. The number of piperidine rings is 1. The predicted molar refractivity (Wildman–Crippen MR) is 157 cm³/mol. The highest BCUT2D eigenvalue weighted by Crippen LogP contribution is 2.45. The molecule has 5 nitrogen and oxygen atoms in total. The van der Waals surface area contributed by atoms with Crippen LogP contribution >= 0.6 is 0 Å². The average Bonchev–Trinajstić information content (AvgIpc) is 2.92. The van der Waals surface area contributed by atoms with Crippen molar-refractivity contribution in [2.75, 3.05) is 31.6 Å². The number of hydrogen-bond acceptors (Lipinski definition) is 4. The molecule has 2 aliphatic heterocycles. The SMILES string of the molecule is Cc1ccc2c(c1)CO[C@H](c1ccccc1)[C@@H]2c1ccc(N2CCC(CN(C)C(=O)OC(C)(C)C)CC2)cc1. The number of amides is 1. The van der Waals surface area contributed by atoms with Gasteiger partial charge in [0.2, 0.25) is 0 Å². The Morgan fingerprint density at radius 3 is 2.33 bits per heavy atom. The molecule has 2 aliphatic rings. The smallest absolute Gasteiger partial charge is 0.410 e. The molecule has 206 valence electrons. The number of rotatable bonds is 5. The van der Waals surface area contributed by atoms with Gasteiger partial charge in [0, 0.05) is 38.3 Å². The van der Waals surface area contributed by atoms with Crippen LogP contribution in [-0.2, 0) is 16.1 Å². The lowest BCUT2D eigenvalue weighted by Gasteiger charge is -2.36. The minimum atomic E-state index is -0.466. The van der Waals surface area contributed by atoms with Crippen molar-refractivity contribution < 1.29 is 14.3 Å². The van der Waals surface area contributed by atoms with Crippen LogP contribution in [0.25, 0.3) is 0 Å². The van der Waals surface area contributed by atoms with E-state index in [-0.39, 0.29) is 18.1 Å². The molecular weight excluding hydrogens is 484 g/mol. The first-order valence-corrected chi connectivity index (χ1v) is 14.2. The minimum Gasteiger partial charge on any atom is -0.444 e. The summed E-state index contributed by atoms with van der Waals surface area (Å²) in [6.07, 6.45) is 1.88. The molecule has 3 aromatic carbocycles. The summed E-state index contributed by atoms with van der Waals surface area (Å²) in [7, 11) is 1.84. The molecule has 0 unspecified atom stereocenters. The molecule has 2 atom stereocenters. The Morgan fingerprint density at radius 1 is 0.974 bits per heavy atom. The number of carbonyl (C=O) groups is 1. The number of ether oxygens (including phenoxy) is 2. The fourth-order valence-corrected chi connectivity index (χ4v) is 5.96. The molecular formula is C34H42N2O3. The van der Waals surface area contributed by atoms with Gasteiger partial charge in [0.05, 0.1) is 12.7 Å². The molecule has 2 heterocycles. The molecule has 3 aromatic rings. The van der Waals surface area contributed by atoms with Gasteiger partial charge in [0.15, 0.2) is 0 Å². The van der Waals surface area contributed by atoms with Gasteiger partial charge in [-0.25, -0.2) is 4.79 Å². The van der Waals surface area contributed by atoms with Crippen molar-refractivity contribution in [2.24, 2.45) is 5.92 Å². The van der Waals surface area contributed by atoms with E-state index >= 15 is 0 Å². The van der Waals surface area contributed by atoms with Crippen molar-refractivity contribution >= 4 is 11.8 Å². The molecule has 5 rings (SSSR count). The van der Waals surface area contributed by atoms with Crippen molar-refractivity contribution in [3.05, 3.63) is 101 Å². The first-order valence-electron chi connectivity index (χ1n) is 14.2. The Morgan fingerprint density at radius 2 is 1.67 bits per heavy atom. The van der Waals surface area contributed by atoms with Gasteiger partial charge in [-0.1, -0.05) is 66.2 Å². The number of anilines is 1. The molecule has 0 aliphatic carbocycles. The zero-order valence-corrected chi connectivity index (χ0v) is 24.0. The van der Waals surface area contributed by atoms with Gasteiger partial charge in [0.25, 0.3) is 0 Å². The maximum atomic E-state index is 12.4. The fourth-order valence-electron chi connectivity index (χ4n) is 5.96.